The van der Waals surface area contributed by atoms with Crippen LogP contribution in [0.1, 0.15) is 17.5 Å². The highest BCUT2D eigenvalue weighted by Gasteiger charge is 2.32. The van der Waals surface area contributed by atoms with E-state index in [1.807, 2.05) is 42.5 Å². The fourth-order valence-corrected chi connectivity index (χ4v) is 4.91. The van der Waals surface area contributed by atoms with Gasteiger partial charge in [-0.2, -0.15) is 12.6 Å². The molecule has 0 saturated heterocycles. The number of carbonyl (C=O) groups excluding carboxylic acids is 3. The smallest absolute Gasteiger partial charge is 0.326 e. The van der Waals surface area contributed by atoms with Crippen LogP contribution in [0, 0.1) is 0 Å². The monoisotopic (exact) mass is 608 g/mol. The fraction of sp³-hybridized carbons (Fsp3) is 0.276. The minimum Gasteiger partial charge on any atom is -0.481 e. The molecule has 2 aromatic heterocycles. The van der Waals surface area contributed by atoms with Crippen molar-refractivity contribution >= 4 is 64.1 Å². The second kappa shape index (κ2) is 13.9. The van der Waals surface area contributed by atoms with Crippen LogP contribution in [0.3, 0.4) is 0 Å². The van der Waals surface area contributed by atoms with Gasteiger partial charge in [0.25, 0.3) is 0 Å². The number of thiol groups is 1. The molecule has 2 aromatic carbocycles. The van der Waals surface area contributed by atoms with Crippen LogP contribution in [0.5, 0.6) is 0 Å². The molecule has 14 heteroatoms. The number of carboxylic acid groups (broad SMARTS) is 2. The predicted octanol–water partition coefficient (Wildman–Crippen LogP) is 0.705. The first-order valence-corrected chi connectivity index (χ1v) is 14.0. The van der Waals surface area contributed by atoms with E-state index >= 15 is 0 Å². The second-order valence-corrected chi connectivity index (χ2v) is 10.4. The maximum atomic E-state index is 13.6. The van der Waals surface area contributed by atoms with Crippen LogP contribution < -0.4 is 21.7 Å². The normalized spacial score (nSPS) is 14.0. The molecule has 226 valence electrons. The Labute approximate surface area is 251 Å². The summed E-state index contributed by atoms with van der Waals surface area (Å²) in [6.45, 7) is 0. The lowest BCUT2D eigenvalue weighted by atomic mass is 10.0. The highest BCUT2D eigenvalue weighted by Crippen LogP contribution is 2.21. The number of hydrogen-bond donors (Lipinski definition) is 9. The van der Waals surface area contributed by atoms with E-state index in [-0.39, 0.29) is 18.6 Å². The average Bonchev–Trinajstić information content (AvgIpc) is 3.59. The average molecular weight is 609 g/mol. The molecule has 0 bridgehead atoms. The van der Waals surface area contributed by atoms with Crippen molar-refractivity contribution in [2.75, 3.05) is 5.75 Å². The molecule has 0 aliphatic rings. The number of hydrogen-bond acceptors (Lipinski definition) is 7. The number of carboxylic acids is 2. The lowest BCUT2D eigenvalue weighted by Gasteiger charge is -2.24. The third-order valence-electron chi connectivity index (χ3n) is 6.99. The van der Waals surface area contributed by atoms with E-state index in [1.54, 1.807) is 18.5 Å². The number of rotatable bonds is 14. The number of fused-ring (bicyclic) bond motifs is 2. The highest BCUT2D eigenvalue weighted by atomic mass is 32.1. The molecule has 4 unspecified atom stereocenters. The molecule has 13 nitrogen and oxygen atoms in total. The Balaban J connectivity index is 1.60. The van der Waals surface area contributed by atoms with Gasteiger partial charge in [0.2, 0.25) is 17.7 Å². The lowest BCUT2D eigenvalue weighted by molar-refractivity contribution is -0.143. The number of amides is 3. The largest absolute Gasteiger partial charge is 0.481 e. The van der Waals surface area contributed by atoms with Crippen molar-refractivity contribution in [3.8, 4) is 0 Å². The van der Waals surface area contributed by atoms with E-state index in [4.69, 9.17) is 5.73 Å². The van der Waals surface area contributed by atoms with Crippen LogP contribution in [0.15, 0.2) is 60.9 Å². The van der Waals surface area contributed by atoms with Crippen LogP contribution in [0.2, 0.25) is 0 Å². The van der Waals surface area contributed by atoms with Crippen LogP contribution in [-0.2, 0) is 36.8 Å². The number of nitrogens with one attached hydrogen (secondary N) is 5. The van der Waals surface area contributed by atoms with Crippen LogP contribution >= 0.6 is 12.6 Å². The Bertz CT molecular complexity index is 1650. The van der Waals surface area contributed by atoms with Gasteiger partial charge >= 0.3 is 11.9 Å². The SMILES string of the molecule is NC(CS)C(=O)NC(CC(=O)O)C(=O)NC(Cc1c[nH]c2ccccc12)C(=O)NC(Cc1c[nH]c2ccccc12)C(=O)O. The molecular weight excluding hydrogens is 576 g/mol. The second-order valence-electron chi connectivity index (χ2n) is 10.0. The zero-order chi connectivity index (χ0) is 31.1. The van der Waals surface area contributed by atoms with Gasteiger partial charge in [-0.1, -0.05) is 36.4 Å². The number of aliphatic carboxylic acids is 2. The number of nitrogens with two attached hydrogens (primary N) is 1. The summed E-state index contributed by atoms with van der Waals surface area (Å²) in [6, 6.07) is 9.27. The Hall–Kier alpha value is -4.82. The van der Waals surface area contributed by atoms with Crippen molar-refractivity contribution in [1.29, 1.82) is 0 Å². The third kappa shape index (κ3) is 7.72. The first-order valence-electron chi connectivity index (χ1n) is 13.4. The predicted molar refractivity (Wildman–Crippen MR) is 162 cm³/mol. The third-order valence-corrected chi connectivity index (χ3v) is 7.38. The number of carbonyl (C=O) groups is 5. The molecule has 0 aliphatic carbocycles. The molecule has 0 spiro atoms. The van der Waals surface area contributed by atoms with Crippen LogP contribution in [0.25, 0.3) is 21.8 Å². The summed E-state index contributed by atoms with van der Waals surface area (Å²) < 4.78 is 0. The Morgan fingerprint density at radius 1 is 0.721 bits per heavy atom. The number of H-pyrrole nitrogens is 2. The van der Waals surface area contributed by atoms with Crippen molar-refractivity contribution in [2.24, 2.45) is 5.73 Å². The Morgan fingerprint density at radius 3 is 1.70 bits per heavy atom. The maximum Gasteiger partial charge on any atom is 0.326 e. The van der Waals surface area contributed by atoms with Gasteiger partial charge in [-0.25, -0.2) is 4.79 Å². The summed E-state index contributed by atoms with van der Waals surface area (Å²) in [6.07, 6.45) is 2.45. The number of aromatic nitrogens is 2. The molecule has 4 aromatic rings. The fourth-order valence-electron chi connectivity index (χ4n) is 4.74. The summed E-state index contributed by atoms with van der Waals surface area (Å²) in [5.74, 6) is -5.26. The molecule has 0 radical (unpaired) electrons. The van der Waals surface area contributed by atoms with Crippen molar-refractivity contribution in [1.82, 2.24) is 25.9 Å². The lowest BCUT2D eigenvalue weighted by Crippen LogP contribution is -2.58. The molecular formula is C29H32N6O7S. The maximum absolute atomic E-state index is 13.6. The highest BCUT2D eigenvalue weighted by molar-refractivity contribution is 7.80. The number of aromatic amines is 2. The van der Waals surface area contributed by atoms with Gasteiger partial charge in [-0.15, -0.1) is 0 Å². The molecule has 9 N–H and O–H groups in total. The van der Waals surface area contributed by atoms with Crippen LogP contribution in [0.4, 0.5) is 0 Å². The zero-order valence-electron chi connectivity index (χ0n) is 22.9. The van der Waals surface area contributed by atoms with Gasteiger partial charge in [0.05, 0.1) is 12.5 Å². The first-order chi connectivity index (χ1) is 20.6. The standard InChI is InChI=1S/C29H32N6O7S/c30-19(14-43)26(38)33-23(11-25(36)37)28(40)34-22(9-15-12-31-20-7-3-1-5-17(15)20)27(39)35-24(29(41)42)10-16-13-32-21-8-4-2-6-18(16)21/h1-8,12-13,19,22-24,31-32,43H,9-11,14,30H2,(H,33,38)(H,34,40)(H,35,39)(H,36,37)(H,41,42). The zero-order valence-corrected chi connectivity index (χ0v) is 23.8. The van der Waals surface area contributed by atoms with Gasteiger partial charge in [-0.05, 0) is 23.3 Å². The Kier molecular flexibility index (Phi) is 10.1. The van der Waals surface area contributed by atoms with Gasteiger partial charge < -0.3 is 41.9 Å². The van der Waals surface area contributed by atoms with Gasteiger partial charge in [-0.3, -0.25) is 19.2 Å². The topological polar surface area (TPSA) is 219 Å². The minimum absolute atomic E-state index is 0.0435. The van der Waals surface area contributed by atoms with Crippen LogP contribution in [-0.4, -0.2) is 79.8 Å². The summed E-state index contributed by atoms with van der Waals surface area (Å²) in [5, 5.41) is 28.2. The van der Waals surface area contributed by atoms with E-state index in [0.29, 0.717) is 11.1 Å². The molecule has 43 heavy (non-hydrogen) atoms. The van der Waals surface area contributed by atoms with E-state index in [0.717, 1.165) is 21.8 Å². The van der Waals surface area contributed by atoms with Crippen molar-refractivity contribution in [3.63, 3.8) is 0 Å². The van der Waals surface area contributed by atoms with Crippen molar-refractivity contribution in [3.05, 3.63) is 72.1 Å². The van der Waals surface area contributed by atoms with Crippen molar-refractivity contribution < 1.29 is 34.2 Å². The molecule has 0 fully saturated rings. The van der Waals surface area contributed by atoms with Gasteiger partial charge in [0.15, 0.2) is 0 Å². The number of para-hydroxylation sites is 2. The molecule has 4 atom stereocenters. The molecule has 0 aliphatic heterocycles. The molecule has 0 saturated carbocycles. The van der Waals surface area contributed by atoms with E-state index < -0.39 is 60.2 Å². The summed E-state index contributed by atoms with van der Waals surface area (Å²) in [4.78, 5) is 69.2. The first kappa shape index (κ1) is 31.1. The van der Waals surface area contributed by atoms with E-state index in [1.165, 1.54) is 0 Å². The molecule has 2 heterocycles. The molecule has 3 amide bonds. The number of benzene rings is 2. The summed E-state index contributed by atoms with van der Waals surface area (Å²) >= 11 is 3.95. The van der Waals surface area contributed by atoms with Crippen molar-refractivity contribution in [2.45, 2.75) is 43.4 Å². The van der Waals surface area contributed by atoms with Gasteiger partial charge in [0, 0.05) is 52.8 Å². The molecule has 4 rings (SSSR count). The summed E-state index contributed by atoms with van der Waals surface area (Å²) in [5.41, 5.74) is 8.58. The van der Waals surface area contributed by atoms with E-state index in [9.17, 15) is 34.2 Å². The minimum atomic E-state index is -1.56. The summed E-state index contributed by atoms with van der Waals surface area (Å²) in [7, 11) is 0. The van der Waals surface area contributed by atoms with Gasteiger partial charge in [0.1, 0.15) is 18.1 Å². The Morgan fingerprint density at radius 2 is 1.19 bits per heavy atom. The quantitative estimate of drug-likeness (QED) is 0.0926. The van der Waals surface area contributed by atoms with E-state index in [2.05, 4.69) is 38.5 Å².